The fourth-order valence-electron chi connectivity index (χ4n) is 10.4. The zero-order valence-electron chi connectivity index (χ0n) is 22.5. The van der Waals surface area contributed by atoms with Gasteiger partial charge in [-0.05, 0) is 103 Å². The van der Waals surface area contributed by atoms with Gasteiger partial charge in [-0.25, -0.2) is 0 Å². The van der Waals surface area contributed by atoms with Gasteiger partial charge < -0.3 is 10.2 Å². The van der Waals surface area contributed by atoms with Gasteiger partial charge in [0.25, 0.3) is 0 Å². The van der Waals surface area contributed by atoms with E-state index in [-0.39, 0.29) is 50.8 Å². The molecule has 0 aromatic heterocycles. The maximum absolute atomic E-state index is 14.2. The molecule has 5 rings (SSSR count). The molecule has 5 aliphatic rings. The van der Waals surface area contributed by atoms with Crippen LogP contribution in [0, 0.1) is 50.2 Å². The number of carbonyl (C=O) groups excluding carboxylic acids is 1. The molecule has 4 nitrogen and oxygen atoms in total. The number of fused-ring (bicyclic) bond motifs is 7. The largest absolute Gasteiger partial charge is 0.481 e. The predicted molar refractivity (Wildman–Crippen MR) is 133 cm³/mol. The second-order valence-corrected chi connectivity index (χ2v) is 15.0. The third-order valence-electron chi connectivity index (χ3n) is 12.8. The molecule has 0 amide bonds. The third-order valence-corrected chi connectivity index (χ3v) is 12.8. The fraction of sp³-hybridized carbons (Fsp3) is 0.867. The van der Waals surface area contributed by atoms with Crippen LogP contribution >= 0.6 is 0 Å². The SMILES string of the molecule is CC1(C)CC[C@]2(C(=O)O)CC[C@]3(C)C(=CC(=O)[C@@H]4[C@@]5(C)CC[C@H](O)C(C)(C)C5CC[C@]43C)[C@@H]2C1. The summed E-state index contributed by atoms with van der Waals surface area (Å²) >= 11 is 0. The number of ketones is 1. The molecule has 0 spiro atoms. The van der Waals surface area contributed by atoms with E-state index in [1.54, 1.807) is 0 Å². The van der Waals surface area contributed by atoms with E-state index in [1.165, 1.54) is 0 Å². The number of aliphatic carboxylic acids is 1. The Morgan fingerprint density at radius 1 is 0.912 bits per heavy atom. The number of hydrogen-bond acceptors (Lipinski definition) is 3. The first-order valence-electron chi connectivity index (χ1n) is 13.7. The normalized spacial score (nSPS) is 51.3. The molecule has 0 aliphatic heterocycles. The molecule has 0 radical (unpaired) electrons. The van der Waals surface area contributed by atoms with Crippen LogP contribution in [0.1, 0.15) is 106 Å². The second-order valence-electron chi connectivity index (χ2n) is 15.0. The minimum atomic E-state index is -0.720. The van der Waals surface area contributed by atoms with Crippen molar-refractivity contribution in [3.63, 3.8) is 0 Å². The van der Waals surface area contributed by atoms with Gasteiger partial charge in [0.1, 0.15) is 0 Å². The Labute approximate surface area is 206 Å². The summed E-state index contributed by atoms with van der Waals surface area (Å²) in [4.78, 5) is 27.0. The Hall–Kier alpha value is -1.16. The molecule has 4 heteroatoms. The third kappa shape index (κ3) is 2.81. The summed E-state index contributed by atoms with van der Waals surface area (Å²) in [5.41, 5.74) is -0.127. The van der Waals surface area contributed by atoms with E-state index in [0.29, 0.717) is 12.3 Å². The Kier molecular flexibility index (Phi) is 5.04. The highest BCUT2D eigenvalue weighted by molar-refractivity contribution is 5.96. The molecule has 0 aromatic rings. The lowest BCUT2D eigenvalue weighted by molar-refractivity contribution is -0.204. The zero-order valence-corrected chi connectivity index (χ0v) is 22.5. The van der Waals surface area contributed by atoms with Crippen LogP contribution in [0.4, 0.5) is 0 Å². The van der Waals surface area contributed by atoms with E-state index in [9.17, 15) is 19.8 Å². The summed E-state index contributed by atoms with van der Waals surface area (Å²) in [5, 5.41) is 21.3. The predicted octanol–water partition coefficient (Wildman–Crippen LogP) is 6.41. The molecule has 4 fully saturated rings. The van der Waals surface area contributed by atoms with E-state index < -0.39 is 11.4 Å². The smallest absolute Gasteiger partial charge is 0.310 e. The minimum absolute atomic E-state index is 0.0515. The molecule has 4 saturated carbocycles. The molecule has 2 N–H and O–H groups in total. The fourth-order valence-corrected chi connectivity index (χ4v) is 10.4. The number of rotatable bonds is 1. The first-order valence-corrected chi connectivity index (χ1v) is 13.7. The number of carboxylic acid groups (broad SMARTS) is 1. The molecule has 0 saturated heterocycles. The molecule has 0 heterocycles. The number of aliphatic hydroxyl groups is 1. The standard InChI is InChI=1S/C30H46O4/c1-25(2)12-14-30(24(33)34)15-13-28(6)18(19(30)17-25)16-20(31)23-27(5)10-9-22(32)26(3,4)21(27)8-11-29(23,28)7/h16,19,21-23,32H,8-15,17H2,1-7H3,(H,33,34)/t19-,21?,22-,23+,27-,28+,29+,30-/m0/s1. The van der Waals surface area contributed by atoms with Crippen molar-refractivity contribution in [2.75, 3.05) is 0 Å². The first-order chi connectivity index (χ1) is 15.6. The summed E-state index contributed by atoms with van der Waals surface area (Å²) in [7, 11) is 0. The average Bonchev–Trinajstić information content (AvgIpc) is 2.72. The Morgan fingerprint density at radius 3 is 2.21 bits per heavy atom. The van der Waals surface area contributed by atoms with Crippen LogP contribution in [0.2, 0.25) is 0 Å². The Balaban J connectivity index is 1.65. The first kappa shape index (κ1) is 24.5. The van der Waals surface area contributed by atoms with Crippen LogP contribution in [-0.2, 0) is 9.59 Å². The molecular formula is C30H46O4. The van der Waals surface area contributed by atoms with Gasteiger partial charge in [0.15, 0.2) is 5.78 Å². The number of carbonyl (C=O) groups is 2. The van der Waals surface area contributed by atoms with Crippen molar-refractivity contribution in [1.82, 2.24) is 0 Å². The van der Waals surface area contributed by atoms with Crippen LogP contribution < -0.4 is 0 Å². The van der Waals surface area contributed by atoms with Gasteiger partial charge in [-0.15, -0.1) is 0 Å². The van der Waals surface area contributed by atoms with E-state index in [2.05, 4.69) is 48.5 Å². The van der Waals surface area contributed by atoms with Crippen LogP contribution in [0.15, 0.2) is 11.6 Å². The average molecular weight is 471 g/mol. The van der Waals surface area contributed by atoms with Gasteiger partial charge in [0.2, 0.25) is 0 Å². The van der Waals surface area contributed by atoms with Crippen LogP contribution in [0.5, 0.6) is 0 Å². The minimum Gasteiger partial charge on any atom is -0.481 e. The van der Waals surface area contributed by atoms with Gasteiger partial charge in [0.05, 0.1) is 11.5 Å². The molecular weight excluding hydrogens is 424 g/mol. The van der Waals surface area contributed by atoms with Gasteiger partial charge in [-0.1, -0.05) is 54.0 Å². The van der Waals surface area contributed by atoms with E-state index in [1.807, 2.05) is 6.08 Å². The molecule has 0 aromatic carbocycles. The highest BCUT2D eigenvalue weighted by Crippen LogP contribution is 2.75. The van der Waals surface area contributed by atoms with E-state index >= 15 is 0 Å². The van der Waals surface area contributed by atoms with Gasteiger partial charge in [-0.3, -0.25) is 9.59 Å². The van der Waals surface area contributed by atoms with Crippen LogP contribution in [0.25, 0.3) is 0 Å². The Morgan fingerprint density at radius 2 is 1.56 bits per heavy atom. The summed E-state index contributed by atoms with van der Waals surface area (Å²) in [5.74, 6) is -0.217. The van der Waals surface area contributed by atoms with Crippen molar-refractivity contribution in [2.24, 2.45) is 50.2 Å². The number of aliphatic hydroxyl groups excluding tert-OH is 1. The summed E-state index contributed by atoms with van der Waals surface area (Å²) in [6.45, 7) is 16.0. The molecule has 34 heavy (non-hydrogen) atoms. The molecule has 1 unspecified atom stereocenters. The van der Waals surface area contributed by atoms with Crippen LogP contribution in [-0.4, -0.2) is 28.1 Å². The maximum atomic E-state index is 14.2. The molecule has 5 aliphatic carbocycles. The topological polar surface area (TPSA) is 74.6 Å². The van der Waals surface area contributed by atoms with Gasteiger partial charge in [-0.2, -0.15) is 0 Å². The summed E-state index contributed by atoms with van der Waals surface area (Å²) < 4.78 is 0. The van der Waals surface area contributed by atoms with E-state index in [0.717, 1.165) is 56.9 Å². The number of carboxylic acids is 1. The number of allylic oxidation sites excluding steroid dienone is 2. The zero-order chi connectivity index (χ0) is 25.1. The highest BCUT2D eigenvalue weighted by atomic mass is 16.4. The van der Waals surface area contributed by atoms with Gasteiger partial charge >= 0.3 is 5.97 Å². The second kappa shape index (κ2) is 6.99. The lowest BCUT2D eigenvalue weighted by Gasteiger charge is -2.70. The van der Waals surface area contributed by atoms with Crippen molar-refractivity contribution >= 4 is 11.8 Å². The Bertz CT molecular complexity index is 961. The molecule has 0 bridgehead atoms. The maximum Gasteiger partial charge on any atom is 0.310 e. The monoisotopic (exact) mass is 470 g/mol. The quantitative estimate of drug-likeness (QED) is 0.464. The van der Waals surface area contributed by atoms with Crippen molar-refractivity contribution in [3.05, 3.63) is 11.6 Å². The molecule has 190 valence electrons. The van der Waals surface area contributed by atoms with Gasteiger partial charge in [0, 0.05) is 5.92 Å². The molecule has 8 atom stereocenters. The lowest BCUT2D eigenvalue weighted by Crippen LogP contribution is -2.67. The summed E-state index contributed by atoms with van der Waals surface area (Å²) in [6.07, 6.45) is 9.38. The van der Waals surface area contributed by atoms with Crippen molar-refractivity contribution in [1.29, 1.82) is 0 Å². The van der Waals surface area contributed by atoms with Crippen molar-refractivity contribution in [2.45, 2.75) is 112 Å². The highest BCUT2D eigenvalue weighted by Gasteiger charge is 2.71. The van der Waals surface area contributed by atoms with Crippen molar-refractivity contribution < 1.29 is 19.8 Å². The lowest BCUT2D eigenvalue weighted by atomic mass is 9.33. The summed E-state index contributed by atoms with van der Waals surface area (Å²) in [6, 6.07) is 0. The number of hydrogen-bond donors (Lipinski definition) is 2. The van der Waals surface area contributed by atoms with E-state index in [4.69, 9.17) is 0 Å². The van der Waals surface area contributed by atoms with Crippen LogP contribution in [0.3, 0.4) is 0 Å². The van der Waals surface area contributed by atoms with Crippen molar-refractivity contribution in [3.8, 4) is 0 Å².